The zero-order chi connectivity index (χ0) is 16.1. The molecule has 2 heterocycles. The van der Waals surface area contributed by atoms with Gasteiger partial charge in [-0.2, -0.15) is 0 Å². The Morgan fingerprint density at radius 2 is 2.09 bits per heavy atom. The molecule has 0 aliphatic rings. The summed E-state index contributed by atoms with van der Waals surface area (Å²) in [6.45, 7) is 8.66. The van der Waals surface area contributed by atoms with Crippen LogP contribution in [0.3, 0.4) is 0 Å². The molecule has 5 nitrogen and oxygen atoms in total. The highest BCUT2D eigenvalue weighted by atomic mass is 32.1. The van der Waals surface area contributed by atoms with Gasteiger partial charge in [0.25, 0.3) is 5.91 Å². The number of carbonyl (C=O) groups is 1. The Hall–Kier alpha value is -1.82. The summed E-state index contributed by atoms with van der Waals surface area (Å²) in [6, 6.07) is 1.79. The van der Waals surface area contributed by atoms with Crippen molar-refractivity contribution < 1.29 is 4.79 Å². The van der Waals surface area contributed by atoms with E-state index >= 15 is 0 Å². The van der Waals surface area contributed by atoms with Gasteiger partial charge in [0.2, 0.25) is 0 Å². The summed E-state index contributed by atoms with van der Waals surface area (Å²) < 4.78 is 0. The molecule has 2 aromatic heterocycles. The van der Waals surface area contributed by atoms with Crippen LogP contribution < -0.4 is 5.32 Å². The van der Waals surface area contributed by atoms with Gasteiger partial charge in [0.15, 0.2) is 0 Å². The van der Waals surface area contributed by atoms with Crippen molar-refractivity contribution in [3.8, 4) is 0 Å². The number of hydrogen-bond acceptors (Lipinski definition) is 5. The molecule has 118 valence electrons. The molecule has 0 saturated heterocycles. The van der Waals surface area contributed by atoms with Gasteiger partial charge in [0.05, 0.1) is 11.2 Å². The second-order valence-corrected chi connectivity index (χ2v) is 6.70. The van der Waals surface area contributed by atoms with E-state index in [1.165, 1.54) is 4.88 Å². The maximum Gasteiger partial charge on any atom is 0.270 e. The number of thiazole rings is 1. The van der Waals surface area contributed by atoms with Gasteiger partial charge in [0, 0.05) is 23.5 Å². The van der Waals surface area contributed by atoms with Crippen molar-refractivity contribution in [2.24, 2.45) is 5.92 Å². The van der Waals surface area contributed by atoms with E-state index in [-0.39, 0.29) is 5.91 Å². The summed E-state index contributed by atoms with van der Waals surface area (Å²) >= 11 is 1.62. The Morgan fingerprint density at radius 3 is 2.73 bits per heavy atom. The molecule has 0 bridgehead atoms. The number of carbonyl (C=O) groups excluding carboxylic acids is 1. The number of nitrogens with zero attached hydrogens (tertiary/aromatic N) is 3. The van der Waals surface area contributed by atoms with Crippen molar-refractivity contribution in [3.05, 3.63) is 39.4 Å². The van der Waals surface area contributed by atoms with E-state index in [2.05, 4.69) is 34.1 Å². The van der Waals surface area contributed by atoms with Gasteiger partial charge in [-0.1, -0.05) is 13.8 Å². The van der Waals surface area contributed by atoms with Gasteiger partial charge in [-0.25, -0.2) is 15.0 Å². The Morgan fingerprint density at radius 1 is 1.32 bits per heavy atom. The largest absolute Gasteiger partial charge is 0.350 e. The third-order valence-electron chi connectivity index (χ3n) is 3.22. The lowest BCUT2D eigenvalue weighted by Crippen LogP contribution is -2.27. The van der Waals surface area contributed by atoms with Crippen molar-refractivity contribution in [2.75, 3.05) is 6.54 Å². The molecule has 0 aromatic carbocycles. The molecule has 0 spiro atoms. The van der Waals surface area contributed by atoms with Crippen LogP contribution >= 0.6 is 11.3 Å². The zero-order valence-corrected chi connectivity index (χ0v) is 14.3. The molecule has 2 rings (SSSR count). The molecule has 0 fully saturated rings. The van der Waals surface area contributed by atoms with Gasteiger partial charge < -0.3 is 5.32 Å². The predicted octanol–water partition coefficient (Wildman–Crippen LogP) is 2.72. The number of hydrogen-bond donors (Lipinski definition) is 1. The van der Waals surface area contributed by atoms with E-state index in [1.807, 2.05) is 19.4 Å². The van der Waals surface area contributed by atoms with Crippen LogP contribution in [0.2, 0.25) is 0 Å². The molecule has 1 N–H and O–H groups in total. The third kappa shape index (κ3) is 4.59. The Balaban J connectivity index is 1.97. The molecule has 0 aliphatic carbocycles. The number of nitrogens with one attached hydrogen (secondary N) is 1. The number of aromatic nitrogens is 3. The molecule has 1 amide bonds. The van der Waals surface area contributed by atoms with E-state index in [9.17, 15) is 4.79 Å². The lowest BCUT2D eigenvalue weighted by Gasteiger charge is -2.08. The average molecular weight is 318 g/mol. The van der Waals surface area contributed by atoms with E-state index < -0.39 is 0 Å². The summed E-state index contributed by atoms with van der Waals surface area (Å²) in [7, 11) is 0. The van der Waals surface area contributed by atoms with Crippen LogP contribution in [-0.4, -0.2) is 27.4 Å². The smallest absolute Gasteiger partial charge is 0.270 e. The fourth-order valence-corrected chi connectivity index (χ4v) is 3.00. The minimum atomic E-state index is -0.141. The zero-order valence-electron chi connectivity index (χ0n) is 13.5. The Labute approximate surface area is 135 Å². The van der Waals surface area contributed by atoms with E-state index in [1.54, 1.807) is 17.4 Å². The van der Waals surface area contributed by atoms with E-state index in [4.69, 9.17) is 0 Å². The monoisotopic (exact) mass is 318 g/mol. The summed E-state index contributed by atoms with van der Waals surface area (Å²) in [5.41, 5.74) is 4.24. The molecule has 6 heteroatoms. The summed E-state index contributed by atoms with van der Waals surface area (Å²) in [5, 5.41) is 2.92. The lowest BCUT2D eigenvalue weighted by atomic mass is 10.1. The van der Waals surface area contributed by atoms with Crippen molar-refractivity contribution >= 4 is 17.2 Å². The molecular weight excluding hydrogens is 296 g/mol. The second-order valence-electron chi connectivity index (χ2n) is 5.76. The van der Waals surface area contributed by atoms with Crippen LogP contribution in [0, 0.1) is 19.8 Å². The van der Waals surface area contributed by atoms with Gasteiger partial charge in [0.1, 0.15) is 11.5 Å². The molecule has 0 unspecified atom stereocenters. The first-order valence-electron chi connectivity index (χ1n) is 7.47. The van der Waals surface area contributed by atoms with Gasteiger partial charge in [-0.3, -0.25) is 4.79 Å². The van der Waals surface area contributed by atoms with E-state index in [0.29, 0.717) is 24.0 Å². The van der Waals surface area contributed by atoms with Crippen LogP contribution in [0.4, 0.5) is 0 Å². The fourth-order valence-electron chi connectivity index (χ4n) is 2.21. The first-order chi connectivity index (χ1) is 10.5. The van der Waals surface area contributed by atoms with Crippen LogP contribution in [0.1, 0.15) is 46.4 Å². The quantitative estimate of drug-likeness (QED) is 0.889. The van der Waals surface area contributed by atoms with Crippen molar-refractivity contribution in [1.82, 2.24) is 20.3 Å². The minimum Gasteiger partial charge on any atom is -0.350 e. The number of aryl methyl sites for hydroxylation is 2. The van der Waals surface area contributed by atoms with Crippen LogP contribution in [0.25, 0.3) is 0 Å². The predicted molar refractivity (Wildman–Crippen MR) is 88.2 cm³/mol. The highest BCUT2D eigenvalue weighted by Crippen LogP contribution is 2.12. The summed E-state index contributed by atoms with van der Waals surface area (Å²) in [4.78, 5) is 26.3. The molecular formula is C16H22N4OS. The first kappa shape index (κ1) is 16.5. The highest BCUT2D eigenvalue weighted by Gasteiger charge is 2.11. The maximum atomic E-state index is 12.2. The van der Waals surface area contributed by atoms with Gasteiger partial charge >= 0.3 is 0 Å². The number of amides is 1. The highest BCUT2D eigenvalue weighted by molar-refractivity contribution is 7.09. The van der Waals surface area contributed by atoms with Crippen molar-refractivity contribution in [2.45, 2.75) is 40.5 Å². The lowest BCUT2D eigenvalue weighted by molar-refractivity contribution is 0.0948. The van der Waals surface area contributed by atoms with Gasteiger partial charge in [-0.05, 0) is 32.3 Å². The van der Waals surface area contributed by atoms with Crippen LogP contribution in [-0.2, 0) is 12.8 Å². The maximum absolute atomic E-state index is 12.2. The topological polar surface area (TPSA) is 67.8 Å². The Kier molecular flexibility index (Phi) is 5.60. The molecule has 0 saturated carbocycles. The van der Waals surface area contributed by atoms with Crippen molar-refractivity contribution in [3.63, 3.8) is 0 Å². The molecule has 0 radical (unpaired) electrons. The Bertz CT molecular complexity index is 651. The normalized spacial score (nSPS) is 11.0. The minimum absolute atomic E-state index is 0.141. The summed E-state index contributed by atoms with van der Waals surface area (Å²) in [6.07, 6.45) is 1.65. The first-order valence-corrected chi connectivity index (χ1v) is 8.35. The SMILES string of the molecule is Cc1nc(CC(C)C)cc(C(=O)NCCc2scnc2C)n1. The van der Waals surface area contributed by atoms with Crippen LogP contribution in [0.15, 0.2) is 11.6 Å². The molecule has 2 aromatic rings. The number of rotatable bonds is 6. The average Bonchev–Trinajstić information content (AvgIpc) is 2.83. The molecule has 0 atom stereocenters. The van der Waals surface area contributed by atoms with Crippen molar-refractivity contribution in [1.29, 1.82) is 0 Å². The van der Waals surface area contributed by atoms with E-state index in [0.717, 1.165) is 24.2 Å². The van der Waals surface area contributed by atoms with Crippen LogP contribution in [0.5, 0.6) is 0 Å². The second kappa shape index (κ2) is 7.45. The standard InChI is InChI=1S/C16H22N4OS/c1-10(2)7-13-8-14(20-12(4)19-13)16(21)17-6-5-15-11(3)18-9-22-15/h8-10H,5-7H2,1-4H3,(H,17,21). The summed E-state index contributed by atoms with van der Waals surface area (Å²) in [5.74, 6) is 0.999. The molecule has 0 aliphatic heterocycles. The molecule has 22 heavy (non-hydrogen) atoms. The fraction of sp³-hybridized carbons (Fsp3) is 0.500. The van der Waals surface area contributed by atoms with Gasteiger partial charge in [-0.15, -0.1) is 11.3 Å². The third-order valence-corrected chi connectivity index (χ3v) is 4.22.